The van der Waals surface area contributed by atoms with Crippen LogP contribution in [0.25, 0.3) is 0 Å². The number of fused-ring (bicyclic) bond motifs is 1. The van der Waals surface area contributed by atoms with Gasteiger partial charge in [0.25, 0.3) is 0 Å². The van der Waals surface area contributed by atoms with Gasteiger partial charge in [0, 0.05) is 25.7 Å². The summed E-state index contributed by atoms with van der Waals surface area (Å²) in [6.45, 7) is 5.19. The summed E-state index contributed by atoms with van der Waals surface area (Å²) in [6, 6.07) is 8.89. The molecular formula is C11H18Cl2N2. The molecular weight excluding hydrogens is 231 g/mol. The quantitative estimate of drug-likeness (QED) is 0.870. The Bertz CT molecular complexity index is 277. The fraction of sp³-hybridized carbons (Fsp3) is 0.455. The minimum atomic E-state index is 0. The van der Waals surface area contributed by atoms with Crippen LogP contribution in [0, 0.1) is 0 Å². The standard InChI is InChI=1S/C11H16N2.2ClH/c1-9(12)6-13-7-10-4-2-3-5-11(10)8-13;;/h2-5,9H,6-8,12H2,1H3;2*1H. The Morgan fingerprint density at radius 1 is 1.20 bits per heavy atom. The zero-order chi connectivity index (χ0) is 9.26. The van der Waals surface area contributed by atoms with Gasteiger partial charge < -0.3 is 5.73 Å². The molecule has 0 aromatic heterocycles. The minimum absolute atomic E-state index is 0. The summed E-state index contributed by atoms with van der Waals surface area (Å²) < 4.78 is 0. The highest BCUT2D eigenvalue weighted by Crippen LogP contribution is 2.21. The Balaban J connectivity index is 0.000000980. The van der Waals surface area contributed by atoms with E-state index in [1.54, 1.807) is 0 Å². The minimum Gasteiger partial charge on any atom is -0.327 e. The SMILES string of the molecule is CC(N)CN1Cc2ccccc2C1.Cl.Cl. The van der Waals surface area contributed by atoms with Crippen LogP contribution >= 0.6 is 24.8 Å². The third-order valence-corrected chi connectivity index (χ3v) is 2.45. The molecule has 2 rings (SSSR count). The molecule has 1 aliphatic rings. The summed E-state index contributed by atoms with van der Waals surface area (Å²) in [7, 11) is 0. The first-order valence-corrected chi connectivity index (χ1v) is 4.80. The molecule has 15 heavy (non-hydrogen) atoms. The summed E-state index contributed by atoms with van der Waals surface area (Å²) in [5, 5.41) is 0. The van der Waals surface area contributed by atoms with Crippen molar-refractivity contribution in [1.29, 1.82) is 0 Å². The molecule has 4 heteroatoms. The zero-order valence-corrected chi connectivity index (χ0v) is 10.5. The predicted octanol–water partition coefficient (Wildman–Crippen LogP) is 2.19. The fourth-order valence-electron chi connectivity index (χ4n) is 1.94. The topological polar surface area (TPSA) is 29.3 Å². The summed E-state index contributed by atoms with van der Waals surface area (Å²) in [4.78, 5) is 2.40. The summed E-state index contributed by atoms with van der Waals surface area (Å²) >= 11 is 0. The van der Waals surface area contributed by atoms with E-state index in [1.165, 1.54) is 11.1 Å². The maximum atomic E-state index is 5.77. The second-order valence-electron chi connectivity index (χ2n) is 3.92. The molecule has 0 saturated heterocycles. The largest absolute Gasteiger partial charge is 0.327 e. The van der Waals surface area contributed by atoms with Gasteiger partial charge in [0.1, 0.15) is 0 Å². The lowest BCUT2D eigenvalue weighted by Crippen LogP contribution is -2.31. The molecule has 1 aromatic rings. The van der Waals surface area contributed by atoms with Crippen molar-refractivity contribution in [2.24, 2.45) is 5.73 Å². The second kappa shape index (κ2) is 6.33. The van der Waals surface area contributed by atoms with E-state index in [9.17, 15) is 0 Å². The van der Waals surface area contributed by atoms with Gasteiger partial charge in [-0.1, -0.05) is 24.3 Å². The van der Waals surface area contributed by atoms with Crippen LogP contribution in [-0.2, 0) is 13.1 Å². The molecule has 86 valence electrons. The highest BCUT2D eigenvalue weighted by Gasteiger charge is 2.18. The molecule has 0 bridgehead atoms. The molecule has 2 N–H and O–H groups in total. The predicted molar refractivity (Wildman–Crippen MR) is 68.7 cm³/mol. The highest BCUT2D eigenvalue weighted by atomic mass is 35.5. The summed E-state index contributed by atoms with van der Waals surface area (Å²) in [6.07, 6.45) is 0. The number of halogens is 2. The number of hydrogen-bond donors (Lipinski definition) is 1. The number of nitrogens with zero attached hydrogens (tertiary/aromatic N) is 1. The molecule has 0 saturated carbocycles. The van der Waals surface area contributed by atoms with Gasteiger partial charge in [-0.05, 0) is 18.1 Å². The lowest BCUT2D eigenvalue weighted by Gasteiger charge is -2.16. The molecule has 0 spiro atoms. The van der Waals surface area contributed by atoms with Crippen LogP contribution in [0.1, 0.15) is 18.1 Å². The zero-order valence-electron chi connectivity index (χ0n) is 8.85. The molecule has 0 radical (unpaired) electrons. The first-order valence-electron chi connectivity index (χ1n) is 4.80. The van der Waals surface area contributed by atoms with Gasteiger partial charge >= 0.3 is 0 Å². The van der Waals surface area contributed by atoms with E-state index in [0.717, 1.165) is 19.6 Å². The van der Waals surface area contributed by atoms with Crippen molar-refractivity contribution in [2.45, 2.75) is 26.1 Å². The number of hydrogen-bond acceptors (Lipinski definition) is 2. The summed E-state index contributed by atoms with van der Waals surface area (Å²) in [5.74, 6) is 0. The first kappa shape index (κ1) is 14.7. The molecule has 1 heterocycles. The lowest BCUT2D eigenvalue weighted by molar-refractivity contribution is 0.270. The van der Waals surface area contributed by atoms with Crippen LogP contribution < -0.4 is 5.73 Å². The van der Waals surface area contributed by atoms with Gasteiger partial charge in [-0.15, -0.1) is 24.8 Å². The molecule has 1 aliphatic heterocycles. The molecule has 0 aliphatic carbocycles. The monoisotopic (exact) mass is 248 g/mol. The van der Waals surface area contributed by atoms with Gasteiger partial charge in [0.2, 0.25) is 0 Å². The van der Waals surface area contributed by atoms with Crippen molar-refractivity contribution < 1.29 is 0 Å². The summed E-state index contributed by atoms with van der Waals surface area (Å²) in [5.41, 5.74) is 8.69. The number of rotatable bonds is 2. The number of nitrogens with two attached hydrogens (primary N) is 1. The van der Waals surface area contributed by atoms with Crippen molar-refractivity contribution in [2.75, 3.05) is 6.54 Å². The van der Waals surface area contributed by atoms with Gasteiger partial charge in [0.15, 0.2) is 0 Å². The Labute approximate surface area is 104 Å². The van der Waals surface area contributed by atoms with Crippen molar-refractivity contribution in [3.05, 3.63) is 35.4 Å². The van der Waals surface area contributed by atoms with Crippen LogP contribution in [0.3, 0.4) is 0 Å². The number of benzene rings is 1. The first-order chi connectivity index (χ1) is 6.25. The lowest BCUT2D eigenvalue weighted by atomic mass is 10.1. The van der Waals surface area contributed by atoms with Crippen molar-refractivity contribution >= 4 is 24.8 Å². The normalized spacial score (nSPS) is 16.1. The second-order valence-corrected chi connectivity index (χ2v) is 3.92. The average molecular weight is 249 g/mol. The smallest absolute Gasteiger partial charge is 0.0241 e. The molecule has 1 unspecified atom stereocenters. The van der Waals surface area contributed by atoms with Crippen LogP contribution in [0.2, 0.25) is 0 Å². The van der Waals surface area contributed by atoms with E-state index < -0.39 is 0 Å². The average Bonchev–Trinajstić information content (AvgIpc) is 2.44. The van der Waals surface area contributed by atoms with Crippen molar-refractivity contribution in [3.8, 4) is 0 Å². The van der Waals surface area contributed by atoms with E-state index in [1.807, 2.05) is 0 Å². The van der Waals surface area contributed by atoms with E-state index in [4.69, 9.17) is 5.73 Å². The van der Waals surface area contributed by atoms with Crippen LogP contribution in [-0.4, -0.2) is 17.5 Å². The Hall–Kier alpha value is -0.280. The van der Waals surface area contributed by atoms with E-state index in [-0.39, 0.29) is 30.9 Å². The molecule has 0 fully saturated rings. The third kappa shape index (κ3) is 3.65. The molecule has 2 nitrogen and oxygen atoms in total. The Morgan fingerprint density at radius 2 is 1.67 bits per heavy atom. The Kier molecular flexibility index (Phi) is 6.22. The molecule has 1 aromatic carbocycles. The van der Waals surface area contributed by atoms with Gasteiger partial charge in [0.05, 0.1) is 0 Å². The third-order valence-electron chi connectivity index (χ3n) is 2.45. The van der Waals surface area contributed by atoms with E-state index in [0.29, 0.717) is 0 Å². The van der Waals surface area contributed by atoms with Gasteiger partial charge in [-0.25, -0.2) is 0 Å². The van der Waals surface area contributed by atoms with Crippen LogP contribution in [0.5, 0.6) is 0 Å². The maximum absolute atomic E-state index is 5.77. The van der Waals surface area contributed by atoms with Gasteiger partial charge in [-0.3, -0.25) is 4.90 Å². The Morgan fingerprint density at radius 3 is 2.07 bits per heavy atom. The highest BCUT2D eigenvalue weighted by molar-refractivity contribution is 5.85. The van der Waals surface area contributed by atoms with Crippen molar-refractivity contribution in [1.82, 2.24) is 4.90 Å². The van der Waals surface area contributed by atoms with Gasteiger partial charge in [-0.2, -0.15) is 0 Å². The van der Waals surface area contributed by atoms with E-state index >= 15 is 0 Å². The molecule has 1 atom stereocenters. The van der Waals surface area contributed by atoms with Crippen molar-refractivity contribution in [3.63, 3.8) is 0 Å². The molecule has 0 amide bonds. The van der Waals surface area contributed by atoms with Crippen LogP contribution in [0.15, 0.2) is 24.3 Å². The van der Waals surface area contributed by atoms with Crippen LogP contribution in [0.4, 0.5) is 0 Å². The fourth-order valence-corrected chi connectivity index (χ4v) is 1.94. The van der Waals surface area contributed by atoms with E-state index in [2.05, 4.69) is 36.1 Å². The maximum Gasteiger partial charge on any atom is 0.0241 e.